The Morgan fingerprint density at radius 1 is 1.24 bits per heavy atom. The van der Waals surface area contributed by atoms with E-state index in [9.17, 15) is 4.39 Å². The Bertz CT molecular complexity index is 715. The van der Waals surface area contributed by atoms with Crippen molar-refractivity contribution in [2.24, 2.45) is 0 Å². The molecule has 2 aromatic carbocycles. The number of halogens is 2. The Kier molecular flexibility index (Phi) is 4.13. The van der Waals surface area contributed by atoms with Crippen LogP contribution in [0.4, 0.5) is 4.39 Å². The molecule has 1 aliphatic carbocycles. The first-order chi connectivity index (χ1) is 10.3. The minimum atomic E-state index is -0.324. The fraction of sp³-hybridized carbons (Fsp3) is 0.222. The van der Waals surface area contributed by atoms with Crippen LogP contribution in [0.3, 0.4) is 0 Å². The minimum Gasteiger partial charge on any atom is -0.492 e. The molecule has 1 atom stereocenters. The van der Waals surface area contributed by atoms with Crippen molar-refractivity contribution >= 4 is 11.6 Å². The molecule has 0 heterocycles. The van der Waals surface area contributed by atoms with E-state index in [1.54, 1.807) is 6.07 Å². The van der Waals surface area contributed by atoms with E-state index >= 15 is 0 Å². The van der Waals surface area contributed by atoms with Gasteiger partial charge in [-0.25, -0.2) is 4.39 Å². The highest BCUT2D eigenvalue weighted by Gasteiger charge is 2.26. The van der Waals surface area contributed by atoms with E-state index in [1.807, 2.05) is 12.1 Å². The van der Waals surface area contributed by atoms with Gasteiger partial charge >= 0.3 is 0 Å². The van der Waals surface area contributed by atoms with Crippen molar-refractivity contribution in [2.75, 3.05) is 12.5 Å². The van der Waals surface area contributed by atoms with Crippen molar-refractivity contribution in [2.45, 2.75) is 12.3 Å². The summed E-state index contributed by atoms with van der Waals surface area (Å²) in [6.07, 6.45) is 1.01. The third-order valence-electron chi connectivity index (χ3n) is 3.63. The second-order valence-corrected chi connectivity index (χ2v) is 5.25. The van der Waals surface area contributed by atoms with Gasteiger partial charge in [0.05, 0.1) is 18.1 Å². The summed E-state index contributed by atoms with van der Waals surface area (Å²) in [6, 6.07) is 12.7. The van der Waals surface area contributed by atoms with Crippen molar-refractivity contribution < 1.29 is 9.13 Å². The first kappa shape index (κ1) is 14.0. The summed E-state index contributed by atoms with van der Waals surface area (Å²) in [5.41, 5.74) is 3.36. The lowest BCUT2D eigenvalue weighted by Crippen LogP contribution is -2.23. The van der Waals surface area contributed by atoms with E-state index in [2.05, 4.69) is 24.0 Å². The molecule has 3 heteroatoms. The van der Waals surface area contributed by atoms with Gasteiger partial charge in [-0.15, -0.1) is 11.6 Å². The lowest BCUT2D eigenvalue weighted by atomic mass is 9.78. The topological polar surface area (TPSA) is 9.23 Å². The first-order valence-corrected chi connectivity index (χ1v) is 7.36. The number of benzene rings is 2. The molecule has 0 amide bonds. The van der Waals surface area contributed by atoms with E-state index in [1.165, 1.54) is 23.3 Å². The van der Waals surface area contributed by atoms with Crippen LogP contribution in [0.2, 0.25) is 0 Å². The van der Waals surface area contributed by atoms with Gasteiger partial charge in [-0.05, 0) is 29.7 Å². The molecule has 1 unspecified atom stereocenters. The number of hydrogen-bond donors (Lipinski definition) is 0. The Morgan fingerprint density at radius 2 is 2.10 bits per heavy atom. The zero-order valence-electron chi connectivity index (χ0n) is 11.4. The van der Waals surface area contributed by atoms with Crippen LogP contribution in [-0.4, -0.2) is 12.5 Å². The molecule has 1 nitrogen and oxygen atoms in total. The summed E-state index contributed by atoms with van der Waals surface area (Å²) in [5.74, 6) is 6.44. The largest absolute Gasteiger partial charge is 0.492 e. The van der Waals surface area contributed by atoms with E-state index < -0.39 is 0 Å². The maximum absolute atomic E-state index is 13.4. The van der Waals surface area contributed by atoms with E-state index in [0.29, 0.717) is 23.8 Å². The lowest BCUT2D eigenvalue weighted by molar-refractivity contribution is 0.273. The highest BCUT2D eigenvalue weighted by atomic mass is 35.5. The molecule has 106 valence electrons. The molecule has 3 rings (SSSR count). The van der Waals surface area contributed by atoms with Crippen LogP contribution >= 0.6 is 11.6 Å². The minimum absolute atomic E-state index is 0.243. The van der Waals surface area contributed by atoms with Crippen LogP contribution in [0, 0.1) is 17.7 Å². The summed E-state index contributed by atoms with van der Waals surface area (Å²) >= 11 is 5.56. The zero-order valence-corrected chi connectivity index (χ0v) is 12.2. The van der Waals surface area contributed by atoms with Crippen LogP contribution in [-0.2, 0) is 6.42 Å². The fourth-order valence-corrected chi connectivity index (χ4v) is 2.62. The van der Waals surface area contributed by atoms with Gasteiger partial charge in [0.2, 0.25) is 0 Å². The molecule has 0 N–H and O–H groups in total. The molecule has 0 aromatic heterocycles. The van der Waals surface area contributed by atoms with E-state index in [-0.39, 0.29) is 11.7 Å². The van der Waals surface area contributed by atoms with E-state index in [4.69, 9.17) is 16.3 Å². The van der Waals surface area contributed by atoms with Crippen molar-refractivity contribution in [1.82, 2.24) is 0 Å². The molecular formula is C18H14ClFO. The second-order valence-electron chi connectivity index (χ2n) is 4.99. The molecule has 0 spiro atoms. The van der Waals surface area contributed by atoms with Crippen molar-refractivity contribution in [3.05, 3.63) is 65.0 Å². The SMILES string of the molecule is Fc1ccc(C#CCCl)c(OCC2Cc3ccccc32)c1. The molecule has 0 saturated carbocycles. The average molecular weight is 301 g/mol. The number of fused-ring (bicyclic) bond motifs is 1. The van der Waals surface area contributed by atoms with Crippen LogP contribution in [0.1, 0.15) is 22.6 Å². The molecule has 21 heavy (non-hydrogen) atoms. The molecule has 0 bridgehead atoms. The molecule has 2 aromatic rings. The molecular weight excluding hydrogens is 287 g/mol. The molecule has 0 saturated heterocycles. The summed E-state index contributed by atoms with van der Waals surface area (Å²) in [6.45, 7) is 0.538. The first-order valence-electron chi connectivity index (χ1n) is 6.83. The van der Waals surface area contributed by atoms with Gasteiger partial charge in [0.1, 0.15) is 11.6 Å². The lowest BCUT2D eigenvalue weighted by Gasteiger charge is -2.30. The normalized spacial score (nSPS) is 15.4. The van der Waals surface area contributed by atoms with Crippen molar-refractivity contribution in [1.29, 1.82) is 0 Å². The average Bonchev–Trinajstić information content (AvgIpc) is 2.47. The molecule has 0 fully saturated rings. The van der Waals surface area contributed by atoms with Gasteiger partial charge in [-0.3, -0.25) is 0 Å². The van der Waals surface area contributed by atoms with Gasteiger partial charge in [0, 0.05) is 12.0 Å². The standard InChI is InChI=1S/C18H14ClFO/c19-9-3-5-13-7-8-16(20)11-18(13)21-12-15-10-14-4-1-2-6-17(14)15/h1-2,4,6-8,11,15H,9-10,12H2. The maximum Gasteiger partial charge on any atom is 0.137 e. The van der Waals surface area contributed by atoms with Crippen LogP contribution < -0.4 is 4.74 Å². The molecule has 0 aliphatic heterocycles. The van der Waals surface area contributed by atoms with Gasteiger partial charge in [0.15, 0.2) is 0 Å². The summed E-state index contributed by atoms with van der Waals surface area (Å²) in [7, 11) is 0. The predicted octanol–water partition coefficient (Wildman–Crippen LogP) is 4.13. The predicted molar refractivity (Wildman–Crippen MR) is 82.4 cm³/mol. The van der Waals surface area contributed by atoms with Gasteiger partial charge in [-0.2, -0.15) is 0 Å². The Balaban J connectivity index is 1.72. The Hall–Kier alpha value is -1.98. The summed E-state index contributed by atoms with van der Waals surface area (Å²) in [4.78, 5) is 0. The van der Waals surface area contributed by atoms with Crippen LogP contribution in [0.25, 0.3) is 0 Å². The second kappa shape index (κ2) is 6.20. The molecule has 0 radical (unpaired) electrons. The number of rotatable bonds is 3. The highest BCUT2D eigenvalue weighted by Crippen LogP contribution is 2.35. The number of alkyl halides is 1. The maximum atomic E-state index is 13.4. The fourth-order valence-electron chi connectivity index (χ4n) is 2.55. The highest BCUT2D eigenvalue weighted by molar-refractivity contribution is 6.19. The van der Waals surface area contributed by atoms with Gasteiger partial charge in [0.25, 0.3) is 0 Å². The third kappa shape index (κ3) is 3.04. The summed E-state index contributed by atoms with van der Waals surface area (Å²) in [5, 5.41) is 0. The van der Waals surface area contributed by atoms with Crippen molar-refractivity contribution in [3.63, 3.8) is 0 Å². The summed E-state index contributed by atoms with van der Waals surface area (Å²) < 4.78 is 19.2. The smallest absolute Gasteiger partial charge is 0.137 e. The Labute approximate surface area is 128 Å². The number of ether oxygens (including phenoxy) is 1. The zero-order chi connectivity index (χ0) is 14.7. The number of hydrogen-bond acceptors (Lipinski definition) is 1. The third-order valence-corrected chi connectivity index (χ3v) is 3.77. The van der Waals surface area contributed by atoms with Crippen LogP contribution in [0.15, 0.2) is 42.5 Å². The van der Waals surface area contributed by atoms with Gasteiger partial charge in [-0.1, -0.05) is 36.1 Å². The van der Waals surface area contributed by atoms with E-state index in [0.717, 1.165) is 6.42 Å². The van der Waals surface area contributed by atoms with Crippen molar-refractivity contribution in [3.8, 4) is 17.6 Å². The monoisotopic (exact) mass is 300 g/mol. The quantitative estimate of drug-likeness (QED) is 0.611. The van der Waals surface area contributed by atoms with Crippen LogP contribution in [0.5, 0.6) is 5.75 Å². The Morgan fingerprint density at radius 3 is 2.90 bits per heavy atom. The van der Waals surface area contributed by atoms with Gasteiger partial charge < -0.3 is 4.74 Å². The molecule has 1 aliphatic rings.